The first-order chi connectivity index (χ1) is 9.47. The quantitative estimate of drug-likeness (QED) is 0.850. The highest BCUT2D eigenvalue weighted by Gasteiger charge is 2.17. The molecular weight excluding hydrogens is 278 g/mol. The molecule has 2 aromatic rings. The van der Waals surface area contributed by atoms with Crippen LogP contribution in [-0.2, 0) is 21.9 Å². The van der Waals surface area contributed by atoms with E-state index >= 15 is 0 Å². The maximum absolute atomic E-state index is 11.8. The SMILES string of the molecule is Cn1cc(S(=O)(=O)NC(=O)/C=C/c2ccccc2)cn1. The van der Waals surface area contributed by atoms with E-state index in [2.05, 4.69) is 5.10 Å². The van der Waals surface area contributed by atoms with Gasteiger partial charge >= 0.3 is 0 Å². The van der Waals surface area contributed by atoms with E-state index in [-0.39, 0.29) is 4.90 Å². The number of amides is 1. The molecule has 0 aliphatic heterocycles. The number of hydrogen-bond acceptors (Lipinski definition) is 4. The Labute approximate surface area is 116 Å². The predicted octanol–water partition coefficient (Wildman–Crippen LogP) is 0.938. The molecule has 0 aliphatic rings. The lowest BCUT2D eigenvalue weighted by atomic mass is 10.2. The molecule has 2 rings (SSSR count). The van der Waals surface area contributed by atoms with Gasteiger partial charge in [0.05, 0.1) is 6.20 Å². The first kappa shape index (κ1) is 14.0. The number of nitrogens with one attached hydrogen (secondary N) is 1. The average Bonchev–Trinajstić information content (AvgIpc) is 2.85. The molecule has 1 N–H and O–H groups in total. The van der Waals surface area contributed by atoms with Crippen LogP contribution in [-0.4, -0.2) is 24.1 Å². The average molecular weight is 291 g/mol. The van der Waals surface area contributed by atoms with Gasteiger partial charge in [-0.15, -0.1) is 0 Å². The fourth-order valence-electron chi connectivity index (χ4n) is 1.50. The summed E-state index contributed by atoms with van der Waals surface area (Å²) in [5.74, 6) is -0.710. The molecule has 7 heteroatoms. The minimum Gasteiger partial charge on any atom is -0.274 e. The van der Waals surface area contributed by atoms with Gasteiger partial charge in [0.15, 0.2) is 0 Å². The molecule has 0 spiro atoms. The lowest BCUT2D eigenvalue weighted by Gasteiger charge is -2.01. The molecule has 0 bridgehead atoms. The summed E-state index contributed by atoms with van der Waals surface area (Å²) >= 11 is 0. The summed E-state index contributed by atoms with van der Waals surface area (Å²) in [5, 5.41) is 3.75. The Morgan fingerprint density at radius 1 is 1.30 bits per heavy atom. The molecule has 1 amide bonds. The topological polar surface area (TPSA) is 81.1 Å². The zero-order valence-electron chi connectivity index (χ0n) is 10.7. The van der Waals surface area contributed by atoms with Gasteiger partial charge in [0.25, 0.3) is 15.9 Å². The third kappa shape index (κ3) is 3.55. The van der Waals surface area contributed by atoms with Gasteiger partial charge in [0.1, 0.15) is 4.90 Å². The second kappa shape index (κ2) is 5.70. The van der Waals surface area contributed by atoms with E-state index in [1.54, 1.807) is 19.2 Å². The number of aromatic nitrogens is 2. The summed E-state index contributed by atoms with van der Waals surface area (Å²) < 4.78 is 27.0. The Hall–Kier alpha value is -2.41. The molecule has 0 fully saturated rings. The Bertz CT molecular complexity index is 733. The summed E-state index contributed by atoms with van der Waals surface area (Å²) in [7, 11) is -2.28. The molecule has 1 aromatic carbocycles. The maximum atomic E-state index is 11.8. The van der Waals surface area contributed by atoms with Crippen molar-refractivity contribution in [2.75, 3.05) is 0 Å². The summed E-state index contributed by atoms with van der Waals surface area (Å²) in [6, 6.07) is 9.11. The molecule has 0 radical (unpaired) electrons. The molecule has 0 saturated heterocycles. The Kier molecular flexibility index (Phi) is 3.99. The van der Waals surface area contributed by atoms with Crippen molar-refractivity contribution >= 4 is 22.0 Å². The number of nitrogens with zero attached hydrogens (tertiary/aromatic N) is 2. The number of benzene rings is 1. The summed E-state index contributed by atoms with van der Waals surface area (Å²) in [6.07, 6.45) is 5.20. The molecule has 6 nitrogen and oxygen atoms in total. The Morgan fingerprint density at radius 3 is 2.60 bits per heavy atom. The van der Waals surface area contributed by atoms with Crippen LogP contribution in [0.2, 0.25) is 0 Å². The molecule has 0 saturated carbocycles. The number of rotatable bonds is 4. The van der Waals surface area contributed by atoms with Crippen LogP contribution in [0.15, 0.2) is 53.7 Å². The van der Waals surface area contributed by atoms with Gasteiger partial charge in [-0.3, -0.25) is 9.48 Å². The van der Waals surface area contributed by atoms with E-state index in [0.29, 0.717) is 0 Å². The zero-order chi connectivity index (χ0) is 14.6. The lowest BCUT2D eigenvalue weighted by molar-refractivity contribution is -0.114. The van der Waals surface area contributed by atoms with Crippen LogP contribution in [0.3, 0.4) is 0 Å². The molecule has 0 aliphatic carbocycles. The maximum Gasteiger partial charge on any atom is 0.267 e. The minimum absolute atomic E-state index is 0.0542. The van der Waals surface area contributed by atoms with Crippen molar-refractivity contribution in [1.29, 1.82) is 0 Å². The highest BCUT2D eigenvalue weighted by molar-refractivity contribution is 7.90. The zero-order valence-corrected chi connectivity index (χ0v) is 11.5. The first-order valence-electron chi connectivity index (χ1n) is 5.76. The Morgan fingerprint density at radius 2 is 2.00 bits per heavy atom. The van der Waals surface area contributed by atoms with Crippen LogP contribution in [0, 0.1) is 0 Å². The third-order valence-electron chi connectivity index (χ3n) is 2.45. The van der Waals surface area contributed by atoms with Crippen LogP contribution in [0.1, 0.15) is 5.56 Å². The van der Waals surface area contributed by atoms with Crippen molar-refractivity contribution in [1.82, 2.24) is 14.5 Å². The number of carbonyl (C=O) groups excluding carboxylic acids is 1. The normalized spacial score (nSPS) is 11.7. The fourth-order valence-corrected chi connectivity index (χ4v) is 2.43. The van der Waals surface area contributed by atoms with Crippen molar-refractivity contribution in [3.8, 4) is 0 Å². The molecule has 0 atom stereocenters. The van der Waals surface area contributed by atoms with Crippen molar-refractivity contribution in [3.05, 3.63) is 54.4 Å². The van der Waals surface area contributed by atoms with E-state index in [4.69, 9.17) is 0 Å². The Balaban J connectivity index is 2.07. The first-order valence-corrected chi connectivity index (χ1v) is 7.24. The van der Waals surface area contributed by atoms with Crippen molar-refractivity contribution in [3.63, 3.8) is 0 Å². The smallest absolute Gasteiger partial charge is 0.267 e. The molecular formula is C13H13N3O3S. The number of carbonyl (C=O) groups is 1. The number of sulfonamides is 1. The monoisotopic (exact) mass is 291 g/mol. The summed E-state index contributed by atoms with van der Waals surface area (Å²) in [5.41, 5.74) is 0.807. The van der Waals surface area contributed by atoms with Crippen molar-refractivity contribution in [2.24, 2.45) is 7.05 Å². The van der Waals surface area contributed by atoms with Crippen LogP contribution < -0.4 is 4.72 Å². The second-order valence-electron chi connectivity index (χ2n) is 4.06. The lowest BCUT2D eigenvalue weighted by Crippen LogP contribution is -2.28. The molecule has 104 valence electrons. The van der Waals surface area contributed by atoms with Gasteiger partial charge in [0, 0.05) is 19.3 Å². The summed E-state index contributed by atoms with van der Waals surface area (Å²) in [6.45, 7) is 0. The third-order valence-corrected chi connectivity index (χ3v) is 3.75. The van der Waals surface area contributed by atoms with Crippen LogP contribution in [0.25, 0.3) is 6.08 Å². The van der Waals surface area contributed by atoms with Crippen molar-refractivity contribution in [2.45, 2.75) is 4.90 Å². The highest BCUT2D eigenvalue weighted by atomic mass is 32.2. The molecule has 1 heterocycles. The standard InChI is InChI=1S/C13H13N3O3S/c1-16-10-12(9-14-16)20(18,19)15-13(17)8-7-11-5-3-2-4-6-11/h2-10H,1H3,(H,15,17)/b8-7+. The summed E-state index contributed by atoms with van der Waals surface area (Å²) in [4.78, 5) is 11.6. The molecule has 1 aromatic heterocycles. The van der Waals surface area contributed by atoms with E-state index in [0.717, 1.165) is 5.56 Å². The fraction of sp³-hybridized carbons (Fsp3) is 0.0769. The van der Waals surface area contributed by atoms with E-state index in [1.165, 1.54) is 29.2 Å². The predicted molar refractivity (Wildman–Crippen MR) is 74.0 cm³/mol. The van der Waals surface area contributed by atoms with Crippen LogP contribution in [0.5, 0.6) is 0 Å². The highest BCUT2D eigenvalue weighted by Crippen LogP contribution is 2.06. The van der Waals surface area contributed by atoms with Crippen LogP contribution >= 0.6 is 0 Å². The van der Waals surface area contributed by atoms with Gasteiger partial charge < -0.3 is 0 Å². The number of hydrogen-bond donors (Lipinski definition) is 1. The van der Waals surface area contributed by atoms with Gasteiger partial charge in [-0.1, -0.05) is 30.3 Å². The van der Waals surface area contributed by atoms with Crippen molar-refractivity contribution < 1.29 is 13.2 Å². The van der Waals surface area contributed by atoms with E-state index < -0.39 is 15.9 Å². The van der Waals surface area contributed by atoms with E-state index in [9.17, 15) is 13.2 Å². The van der Waals surface area contributed by atoms with Gasteiger partial charge in [-0.2, -0.15) is 5.10 Å². The van der Waals surface area contributed by atoms with Gasteiger partial charge in [-0.05, 0) is 11.6 Å². The number of aryl methyl sites for hydroxylation is 1. The molecule has 20 heavy (non-hydrogen) atoms. The minimum atomic E-state index is -3.88. The van der Waals surface area contributed by atoms with Gasteiger partial charge in [0.2, 0.25) is 0 Å². The van der Waals surface area contributed by atoms with Gasteiger partial charge in [-0.25, -0.2) is 13.1 Å². The second-order valence-corrected chi connectivity index (χ2v) is 5.75. The van der Waals surface area contributed by atoms with E-state index in [1.807, 2.05) is 22.9 Å². The van der Waals surface area contributed by atoms with Crippen LogP contribution in [0.4, 0.5) is 0 Å². The molecule has 0 unspecified atom stereocenters. The largest absolute Gasteiger partial charge is 0.274 e.